The smallest absolute Gasteiger partial charge is 0.343 e. The summed E-state index contributed by atoms with van der Waals surface area (Å²) < 4.78 is 31.5. The zero-order valence-electron chi connectivity index (χ0n) is 9.85. The number of nitrogens with one attached hydrogen (secondary N) is 1. The SMILES string of the molecule is COC(=O)c1cncnc1Nc1c(F)cccc1F. The molecule has 0 saturated carbocycles. The second-order valence-electron chi connectivity index (χ2n) is 3.50. The summed E-state index contributed by atoms with van der Waals surface area (Å²) in [6.45, 7) is 0. The topological polar surface area (TPSA) is 64.1 Å². The van der Waals surface area contributed by atoms with Crippen LogP contribution in [-0.4, -0.2) is 23.0 Å². The highest BCUT2D eigenvalue weighted by Crippen LogP contribution is 2.23. The number of hydrogen-bond donors (Lipinski definition) is 1. The molecule has 2 rings (SSSR count). The van der Waals surface area contributed by atoms with E-state index >= 15 is 0 Å². The lowest BCUT2D eigenvalue weighted by Crippen LogP contribution is -2.09. The molecule has 0 saturated heterocycles. The molecule has 7 heteroatoms. The van der Waals surface area contributed by atoms with Crippen LogP contribution in [-0.2, 0) is 4.74 Å². The Morgan fingerprint density at radius 2 is 2.00 bits per heavy atom. The molecular formula is C12H9F2N3O2. The van der Waals surface area contributed by atoms with Crippen LogP contribution in [0.15, 0.2) is 30.7 Å². The Kier molecular flexibility index (Phi) is 3.65. The van der Waals surface area contributed by atoms with Gasteiger partial charge in [0, 0.05) is 6.20 Å². The fourth-order valence-corrected chi connectivity index (χ4v) is 1.42. The molecule has 1 aromatic heterocycles. The third-order valence-electron chi connectivity index (χ3n) is 2.32. The van der Waals surface area contributed by atoms with Crippen molar-refractivity contribution in [2.24, 2.45) is 0 Å². The predicted octanol–water partition coefficient (Wildman–Crippen LogP) is 2.29. The minimum Gasteiger partial charge on any atom is -0.465 e. The summed E-state index contributed by atoms with van der Waals surface area (Å²) in [5.41, 5.74) is -0.418. The molecule has 0 aliphatic carbocycles. The number of aromatic nitrogens is 2. The predicted molar refractivity (Wildman–Crippen MR) is 63.0 cm³/mol. The molecular weight excluding hydrogens is 256 g/mol. The number of nitrogens with zero attached hydrogens (tertiary/aromatic N) is 2. The molecule has 0 atom stereocenters. The fourth-order valence-electron chi connectivity index (χ4n) is 1.42. The standard InChI is InChI=1S/C12H9F2N3O2/c1-19-12(18)7-5-15-6-16-11(7)17-10-8(13)3-2-4-9(10)14/h2-6H,1H3,(H,15,16,17). The van der Waals surface area contributed by atoms with Gasteiger partial charge >= 0.3 is 5.97 Å². The van der Waals surface area contributed by atoms with Crippen LogP contribution in [0.1, 0.15) is 10.4 Å². The highest BCUT2D eigenvalue weighted by atomic mass is 19.1. The van der Waals surface area contributed by atoms with Crippen molar-refractivity contribution < 1.29 is 18.3 Å². The van der Waals surface area contributed by atoms with Gasteiger partial charge in [-0.1, -0.05) is 6.07 Å². The molecule has 0 fully saturated rings. The molecule has 0 unspecified atom stereocenters. The maximum atomic E-state index is 13.5. The number of benzene rings is 1. The maximum absolute atomic E-state index is 13.5. The van der Waals surface area contributed by atoms with Crippen LogP contribution < -0.4 is 5.32 Å². The Hall–Kier alpha value is -2.57. The average molecular weight is 265 g/mol. The van der Waals surface area contributed by atoms with Crippen molar-refractivity contribution in [1.82, 2.24) is 9.97 Å². The number of rotatable bonds is 3. The Morgan fingerprint density at radius 3 is 2.63 bits per heavy atom. The second kappa shape index (κ2) is 5.38. The van der Waals surface area contributed by atoms with Gasteiger partial charge in [0.2, 0.25) is 0 Å². The van der Waals surface area contributed by atoms with Gasteiger partial charge in [0.15, 0.2) is 0 Å². The van der Waals surface area contributed by atoms with Crippen LogP contribution in [0.3, 0.4) is 0 Å². The van der Waals surface area contributed by atoms with Crippen molar-refractivity contribution in [3.05, 3.63) is 47.9 Å². The molecule has 1 heterocycles. The van der Waals surface area contributed by atoms with Crippen LogP contribution in [0.2, 0.25) is 0 Å². The monoisotopic (exact) mass is 265 g/mol. The van der Waals surface area contributed by atoms with Gasteiger partial charge in [0.05, 0.1) is 7.11 Å². The minimum atomic E-state index is -0.797. The van der Waals surface area contributed by atoms with Gasteiger partial charge < -0.3 is 10.1 Å². The molecule has 0 aliphatic heterocycles. The third-order valence-corrected chi connectivity index (χ3v) is 2.32. The maximum Gasteiger partial charge on any atom is 0.343 e. The van der Waals surface area contributed by atoms with Crippen molar-refractivity contribution in [3.63, 3.8) is 0 Å². The van der Waals surface area contributed by atoms with E-state index in [1.165, 1.54) is 19.4 Å². The summed E-state index contributed by atoms with van der Waals surface area (Å²) in [5.74, 6) is -2.34. The Balaban J connectivity index is 2.42. The van der Waals surface area contributed by atoms with Gasteiger partial charge in [0.1, 0.15) is 35.0 Å². The number of para-hydroxylation sites is 1. The first kappa shape index (κ1) is 12.9. The van der Waals surface area contributed by atoms with Crippen LogP contribution in [0.25, 0.3) is 0 Å². The third kappa shape index (κ3) is 2.65. The van der Waals surface area contributed by atoms with E-state index in [4.69, 9.17) is 0 Å². The number of carbonyl (C=O) groups is 1. The quantitative estimate of drug-likeness (QED) is 0.862. The molecule has 0 aliphatic rings. The van der Waals surface area contributed by atoms with E-state index in [9.17, 15) is 13.6 Å². The van der Waals surface area contributed by atoms with Gasteiger partial charge in [-0.2, -0.15) is 0 Å². The summed E-state index contributed by atoms with van der Waals surface area (Å²) in [4.78, 5) is 18.9. The van der Waals surface area contributed by atoms with Crippen LogP contribution in [0.4, 0.5) is 20.3 Å². The van der Waals surface area contributed by atoms with E-state index in [0.717, 1.165) is 18.5 Å². The first-order chi connectivity index (χ1) is 9.13. The van der Waals surface area contributed by atoms with E-state index in [1.54, 1.807) is 0 Å². The van der Waals surface area contributed by atoms with E-state index in [-0.39, 0.29) is 11.4 Å². The molecule has 2 aromatic rings. The second-order valence-corrected chi connectivity index (χ2v) is 3.50. The minimum absolute atomic E-state index is 0.0207. The van der Waals surface area contributed by atoms with Crippen molar-refractivity contribution in [3.8, 4) is 0 Å². The zero-order valence-corrected chi connectivity index (χ0v) is 9.85. The number of esters is 1. The van der Waals surface area contributed by atoms with Gasteiger partial charge in [-0.25, -0.2) is 23.5 Å². The molecule has 1 aromatic carbocycles. The summed E-state index contributed by atoms with van der Waals surface area (Å²) in [6.07, 6.45) is 2.34. The van der Waals surface area contributed by atoms with Crippen LogP contribution >= 0.6 is 0 Å². The van der Waals surface area contributed by atoms with Crippen molar-refractivity contribution in [2.45, 2.75) is 0 Å². The molecule has 5 nitrogen and oxygen atoms in total. The van der Waals surface area contributed by atoms with Crippen LogP contribution in [0.5, 0.6) is 0 Å². The largest absolute Gasteiger partial charge is 0.465 e. The number of anilines is 2. The van der Waals surface area contributed by atoms with Gasteiger partial charge in [-0.15, -0.1) is 0 Å². The molecule has 0 spiro atoms. The Labute approximate surface area is 107 Å². The fraction of sp³-hybridized carbons (Fsp3) is 0.0833. The van der Waals surface area contributed by atoms with Crippen molar-refractivity contribution in [1.29, 1.82) is 0 Å². The summed E-state index contributed by atoms with van der Waals surface area (Å²) >= 11 is 0. The van der Waals surface area contributed by atoms with Gasteiger partial charge in [-0.3, -0.25) is 0 Å². The number of carbonyl (C=O) groups excluding carboxylic acids is 1. The first-order valence-corrected chi connectivity index (χ1v) is 5.23. The van der Waals surface area contributed by atoms with E-state index < -0.39 is 23.3 Å². The first-order valence-electron chi connectivity index (χ1n) is 5.23. The molecule has 0 amide bonds. The van der Waals surface area contributed by atoms with Crippen molar-refractivity contribution >= 4 is 17.5 Å². The van der Waals surface area contributed by atoms with Gasteiger partial charge in [-0.05, 0) is 12.1 Å². The van der Waals surface area contributed by atoms with E-state index in [0.29, 0.717) is 0 Å². The Morgan fingerprint density at radius 1 is 1.32 bits per heavy atom. The van der Waals surface area contributed by atoms with Gasteiger partial charge in [0.25, 0.3) is 0 Å². The molecule has 19 heavy (non-hydrogen) atoms. The van der Waals surface area contributed by atoms with E-state index in [2.05, 4.69) is 20.0 Å². The Bertz CT molecular complexity index is 599. The summed E-state index contributed by atoms with van der Waals surface area (Å²) in [5, 5.41) is 2.42. The molecule has 1 N–H and O–H groups in total. The molecule has 0 bridgehead atoms. The summed E-state index contributed by atoms with van der Waals surface area (Å²) in [7, 11) is 1.18. The highest BCUT2D eigenvalue weighted by molar-refractivity contribution is 5.94. The summed E-state index contributed by atoms with van der Waals surface area (Å²) in [6, 6.07) is 3.41. The van der Waals surface area contributed by atoms with Crippen LogP contribution in [0, 0.1) is 11.6 Å². The number of halogens is 2. The van der Waals surface area contributed by atoms with Crippen molar-refractivity contribution in [2.75, 3.05) is 12.4 Å². The lowest BCUT2D eigenvalue weighted by atomic mass is 10.2. The highest BCUT2D eigenvalue weighted by Gasteiger charge is 2.16. The molecule has 0 radical (unpaired) electrons. The molecule has 98 valence electrons. The lowest BCUT2D eigenvalue weighted by molar-refractivity contribution is 0.0601. The lowest BCUT2D eigenvalue weighted by Gasteiger charge is -2.10. The zero-order chi connectivity index (χ0) is 13.8. The number of hydrogen-bond acceptors (Lipinski definition) is 5. The number of methoxy groups -OCH3 is 1. The number of ether oxygens (including phenoxy) is 1. The van der Waals surface area contributed by atoms with E-state index in [1.807, 2.05) is 0 Å². The normalized spacial score (nSPS) is 10.1. The average Bonchev–Trinajstić information content (AvgIpc) is 2.42.